The van der Waals surface area contributed by atoms with Crippen molar-refractivity contribution in [2.75, 3.05) is 18.5 Å². The maximum absolute atomic E-state index is 12.5. The van der Waals surface area contributed by atoms with Gasteiger partial charge in [0.1, 0.15) is 18.1 Å². The van der Waals surface area contributed by atoms with Crippen LogP contribution in [0.15, 0.2) is 58.6 Å². The van der Waals surface area contributed by atoms with Crippen LogP contribution in [0.2, 0.25) is 0 Å². The summed E-state index contributed by atoms with van der Waals surface area (Å²) in [6, 6.07) is 7.26. The molecule has 4 heterocycles. The number of hydrazone groups is 1. The molecule has 4 rings (SSSR count). The van der Waals surface area contributed by atoms with Crippen molar-refractivity contribution >= 4 is 24.0 Å². The lowest BCUT2D eigenvalue weighted by molar-refractivity contribution is 0.0172. The van der Waals surface area contributed by atoms with Crippen molar-refractivity contribution in [3.05, 3.63) is 66.4 Å². The van der Waals surface area contributed by atoms with Gasteiger partial charge in [-0.2, -0.15) is 5.10 Å². The van der Waals surface area contributed by atoms with Gasteiger partial charge in [0.05, 0.1) is 43.8 Å². The van der Waals surface area contributed by atoms with Crippen molar-refractivity contribution in [2.24, 2.45) is 5.10 Å². The lowest BCUT2D eigenvalue weighted by Gasteiger charge is -2.38. The number of carbonyl (C=O) groups excluding carboxylic acids is 1. The Morgan fingerprint density at radius 3 is 3.00 bits per heavy atom. The van der Waals surface area contributed by atoms with Crippen molar-refractivity contribution in [3.8, 4) is 5.75 Å². The van der Waals surface area contributed by atoms with Gasteiger partial charge in [-0.3, -0.25) is 20.2 Å². The fraction of sp³-hybridized carbons (Fsp3) is 0.200. The Balaban J connectivity index is 1.28. The molecule has 30 heavy (non-hydrogen) atoms. The van der Waals surface area contributed by atoms with Crippen LogP contribution >= 0.6 is 0 Å². The lowest BCUT2D eigenvalue weighted by atomic mass is 10.1. The normalized spacial score (nSPS) is 13.8. The predicted molar refractivity (Wildman–Crippen MR) is 109 cm³/mol. The number of ether oxygens (including phenoxy) is 1. The first-order valence-electron chi connectivity index (χ1n) is 9.24. The minimum absolute atomic E-state index is 0.0517. The van der Waals surface area contributed by atoms with Gasteiger partial charge in [0.15, 0.2) is 5.69 Å². The molecule has 0 unspecified atom stereocenters. The van der Waals surface area contributed by atoms with Crippen LogP contribution in [0.1, 0.15) is 22.1 Å². The molecule has 1 aliphatic heterocycles. The highest BCUT2D eigenvalue weighted by Crippen LogP contribution is 2.19. The van der Waals surface area contributed by atoms with Crippen molar-refractivity contribution in [3.63, 3.8) is 0 Å². The molecule has 3 aromatic heterocycles. The molecular formula is C20H19N7O3. The minimum Gasteiger partial charge on any atom is -0.485 e. The molecule has 1 aliphatic rings. The van der Waals surface area contributed by atoms with Crippen LogP contribution in [0.5, 0.6) is 5.75 Å². The highest BCUT2D eigenvalue weighted by Gasteiger charge is 2.34. The Labute approximate surface area is 172 Å². The number of rotatable bonds is 8. The smallest absolute Gasteiger partial charge is 0.276 e. The minimum atomic E-state index is -0.187. The largest absolute Gasteiger partial charge is 0.485 e. The lowest BCUT2D eigenvalue weighted by Crippen LogP contribution is -2.56. The van der Waals surface area contributed by atoms with Gasteiger partial charge in [0, 0.05) is 18.1 Å². The van der Waals surface area contributed by atoms with E-state index in [1.807, 2.05) is 12.1 Å². The second kappa shape index (κ2) is 8.95. The predicted octanol–water partition coefficient (Wildman–Crippen LogP) is 2.01. The van der Waals surface area contributed by atoms with Crippen LogP contribution in [0.3, 0.4) is 0 Å². The number of hydrogen-bond acceptors (Lipinski definition) is 9. The molecular weight excluding hydrogens is 386 g/mol. The van der Waals surface area contributed by atoms with Crippen LogP contribution in [0.4, 0.5) is 5.69 Å². The van der Waals surface area contributed by atoms with E-state index in [0.717, 1.165) is 11.9 Å². The summed E-state index contributed by atoms with van der Waals surface area (Å²) in [5, 5.41) is 10.7. The zero-order valence-corrected chi connectivity index (χ0v) is 15.9. The summed E-state index contributed by atoms with van der Waals surface area (Å²) in [6.07, 6.45) is 9.03. The van der Waals surface area contributed by atoms with Crippen LogP contribution in [-0.4, -0.2) is 57.4 Å². The highest BCUT2D eigenvalue weighted by molar-refractivity contribution is 6.14. The SMILES string of the molecule is N=C/C=N\Nc1ccc(Cc2nc(C(=O)N3CC(Oc4cccnc4)C3)co2)nc1. The Morgan fingerprint density at radius 1 is 1.37 bits per heavy atom. The first kappa shape index (κ1) is 19.2. The number of pyridine rings is 2. The summed E-state index contributed by atoms with van der Waals surface area (Å²) in [6.45, 7) is 0.985. The van der Waals surface area contributed by atoms with Gasteiger partial charge >= 0.3 is 0 Å². The van der Waals surface area contributed by atoms with Gasteiger partial charge in [-0.05, 0) is 24.3 Å². The number of nitrogens with one attached hydrogen (secondary N) is 2. The third-order valence-corrected chi connectivity index (χ3v) is 4.34. The Kier molecular flexibility index (Phi) is 5.74. The summed E-state index contributed by atoms with van der Waals surface area (Å²) in [5.74, 6) is 0.915. The second-order valence-electron chi connectivity index (χ2n) is 6.54. The third kappa shape index (κ3) is 4.66. The maximum atomic E-state index is 12.5. The van der Waals surface area contributed by atoms with E-state index in [-0.39, 0.29) is 17.7 Å². The summed E-state index contributed by atoms with van der Waals surface area (Å²) in [5.41, 5.74) is 4.46. The molecule has 152 valence electrons. The number of likely N-dealkylation sites (tertiary alicyclic amines) is 1. The van der Waals surface area contributed by atoms with E-state index in [9.17, 15) is 4.79 Å². The number of hydrogen-bond donors (Lipinski definition) is 2. The number of aromatic nitrogens is 3. The van der Waals surface area contributed by atoms with Gasteiger partial charge in [-0.25, -0.2) is 4.98 Å². The molecule has 1 fully saturated rings. The summed E-state index contributed by atoms with van der Waals surface area (Å²) in [7, 11) is 0. The first-order chi connectivity index (χ1) is 14.7. The van der Waals surface area contributed by atoms with E-state index >= 15 is 0 Å². The zero-order chi connectivity index (χ0) is 20.8. The molecule has 10 heteroatoms. The zero-order valence-electron chi connectivity index (χ0n) is 15.9. The van der Waals surface area contributed by atoms with Gasteiger partial charge in [-0.15, -0.1) is 0 Å². The van der Waals surface area contributed by atoms with Crippen LogP contribution in [-0.2, 0) is 6.42 Å². The Hall–Kier alpha value is -4.08. The second-order valence-corrected chi connectivity index (χ2v) is 6.54. The van der Waals surface area contributed by atoms with Crippen LogP contribution in [0, 0.1) is 5.41 Å². The summed E-state index contributed by atoms with van der Waals surface area (Å²) in [4.78, 5) is 26.8. The van der Waals surface area contributed by atoms with E-state index in [1.165, 1.54) is 12.5 Å². The van der Waals surface area contributed by atoms with Crippen molar-refractivity contribution in [1.82, 2.24) is 19.9 Å². The van der Waals surface area contributed by atoms with E-state index in [2.05, 4.69) is 25.5 Å². The van der Waals surface area contributed by atoms with Gasteiger partial charge in [-0.1, -0.05) is 0 Å². The average Bonchev–Trinajstić information content (AvgIpc) is 3.21. The van der Waals surface area contributed by atoms with Gasteiger partial charge < -0.3 is 19.5 Å². The molecule has 10 nitrogen and oxygen atoms in total. The van der Waals surface area contributed by atoms with Gasteiger partial charge in [0.2, 0.25) is 5.89 Å². The fourth-order valence-corrected chi connectivity index (χ4v) is 2.84. The van der Waals surface area contributed by atoms with Crippen LogP contribution < -0.4 is 10.2 Å². The molecule has 0 bridgehead atoms. The molecule has 0 radical (unpaired) electrons. The number of carbonyl (C=O) groups is 1. The number of nitrogens with zero attached hydrogens (tertiary/aromatic N) is 5. The van der Waals surface area contributed by atoms with Crippen molar-refractivity contribution in [2.45, 2.75) is 12.5 Å². The topological polar surface area (TPSA) is 130 Å². The highest BCUT2D eigenvalue weighted by atomic mass is 16.5. The Bertz CT molecular complexity index is 1030. The molecule has 0 saturated carbocycles. The van der Waals surface area contributed by atoms with E-state index < -0.39 is 0 Å². The van der Waals surface area contributed by atoms with Gasteiger partial charge in [0.25, 0.3) is 5.91 Å². The Morgan fingerprint density at radius 2 is 2.27 bits per heavy atom. The molecule has 2 N–H and O–H groups in total. The maximum Gasteiger partial charge on any atom is 0.276 e. The van der Waals surface area contributed by atoms with Crippen molar-refractivity contribution < 1.29 is 13.9 Å². The quantitative estimate of drug-likeness (QED) is 0.433. The van der Waals surface area contributed by atoms with E-state index in [0.29, 0.717) is 36.8 Å². The summed E-state index contributed by atoms with van der Waals surface area (Å²) >= 11 is 0. The third-order valence-electron chi connectivity index (χ3n) is 4.34. The van der Waals surface area contributed by atoms with E-state index in [4.69, 9.17) is 14.6 Å². The number of oxazole rings is 1. The monoisotopic (exact) mass is 405 g/mol. The molecule has 0 spiro atoms. The number of amides is 1. The molecule has 0 aliphatic carbocycles. The molecule has 1 saturated heterocycles. The summed E-state index contributed by atoms with van der Waals surface area (Å²) < 4.78 is 11.2. The van der Waals surface area contributed by atoms with Crippen molar-refractivity contribution in [1.29, 1.82) is 5.41 Å². The molecule has 3 aromatic rings. The standard InChI is InChI=1S/C20H19N7O3/c21-5-7-24-26-15-4-3-14(23-9-15)8-19-25-18(13-29-19)20(28)27-11-17(12-27)30-16-2-1-6-22-10-16/h1-7,9-10,13,17,21,26H,8,11-12H2/b21-5?,24-7-. The van der Waals surface area contributed by atoms with E-state index in [1.54, 1.807) is 35.6 Å². The first-order valence-corrected chi connectivity index (χ1v) is 9.24. The molecule has 1 amide bonds. The van der Waals surface area contributed by atoms with Crippen LogP contribution in [0.25, 0.3) is 0 Å². The molecule has 0 aromatic carbocycles. The number of anilines is 1. The fourth-order valence-electron chi connectivity index (χ4n) is 2.84. The average molecular weight is 405 g/mol. The molecule has 0 atom stereocenters.